The summed E-state index contributed by atoms with van der Waals surface area (Å²) in [6.07, 6.45) is 120. The number of esters is 2. The second kappa shape index (κ2) is 86.8. The van der Waals surface area contributed by atoms with Crippen molar-refractivity contribution in [2.45, 2.75) is 450 Å². The van der Waals surface area contributed by atoms with Crippen LogP contribution in [0.25, 0.3) is 0 Å². The zero-order chi connectivity index (χ0) is 73.6. The highest BCUT2D eigenvalue weighted by Crippen LogP contribution is 2.43. The highest BCUT2D eigenvalue weighted by molar-refractivity contribution is 7.47. The number of hydrogen-bond donors (Lipinski definition) is 2. The average Bonchev–Trinajstić information content (AvgIpc) is 0.948. The van der Waals surface area contributed by atoms with E-state index in [2.05, 4.69) is 111 Å². The average molecular weight is 1450 g/mol. The Morgan fingerprint density at radius 1 is 0.304 bits per heavy atom. The molecule has 102 heavy (non-hydrogen) atoms. The van der Waals surface area contributed by atoms with Gasteiger partial charge in [0, 0.05) is 19.4 Å². The fourth-order valence-corrected chi connectivity index (χ4v) is 14.0. The normalized spacial score (nSPS) is 13.3. The van der Waals surface area contributed by atoms with Gasteiger partial charge in [0.25, 0.3) is 0 Å². The lowest BCUT2D eigenvalue weighted by molar-refractivity contribution is -0.161. The number of ether oxygens (including phenoxy) is 2. The Bertz CT molecular complexity index is 2010. The molecule has 3 N–H and O–H groups in total. The van der Waals surface area contributed by atoms with Gasteiger partial charge in [-0.05, 0) is 77.0 Å². The van der Waals surface area contributed by atoms with Gasteiger partial charge in [-0.25, -0.2) is 4.57 Å². The van der Waals surface area contributed by atoms with Gasteiger partial charge in [0.05, 0.1) is 13.2 Å². The Labute approximate surface area is 633 Å². The van der Waals surface area contributed by atoms with E-state index in [-0.39, 0.29) is 38.6 Å². The monoisotopic (exact) mass is 1450 g/mol. The summed E-state index contributed by atoms with van der Waals surface area (Å²) in [6, 6.07) is 0. The molecule has 0 aromatic heterocycles. The number of rotatable bonds is 84. The molecule has 2 unspecified atom stereocenters. The molecule has 9 nitrogen and oxygen atoms in total. The van der Waals surface area contributed by atoms with Gasteiger partial charge in [-0.1, -0.05) is 451 Å². The largest absolute Gasteiger partial charge is 0.472 e. The van der Waals surface area contributed by atoms with Crippen LogP contribution >= 0.6 is 7.82 Å². The topological polar surface area (TPSA) is 134 Å². The van der Waals surface area contributed by atoms with E-state index in [0.717, 1.165) is 89.9 Å². The number of carbonyl (C=O) groups is 2. The van der Waals surface area contributed by atoms with Crippen molar-refractivity contribution < 1.29 is 37.6 Å². The first kappa shape index (κ1) is 98.9. The van der Waals surface area contributed by atoms with Crippen molar-refractivity contribution in [3.63, 3.8) is 0 Å². The Kier molecular flexibility index (Phi) is 84.2. The van der Waals surface area contributed by atoms with E-state index >= 15 is 0 Å². The highest BCUT2D eigenvalue weighted by Gasteiger charge is 2.26. The van der Waals surface area contributed by atoms with E-state index in [9.17, 15) is 19.0 Å². The molecule has 0 rings (SSSR count). The number of phosphoric acid groups is 1. The maximum atomic E-state index is 12.8. The van der Waals surface area contributed by atoms with Crippen LogP contribution in [0.1, 0.15) is 444 Å². The third kappa shape index (κ3) is 85.9. The van der Waals surface area contributed by atoms with Crippen molar-refractivity contribution in [1.29, 1.82) is 0 Å². The molecule has 0 aliphatic rings. The molecule has 0 aromatic carbocycles. The maximum Gasteiger partial charge on any atom is 0.472 e. The van der Waals surface area contributed by atoms with Crippen molar-refractivity contribution >= 4 is 19.8 Å². The Hall–Kier alpha value is -3.07. The second-order valence-corrected chi connectivity index (χ2v) is 31.2. The number of phosphoric ester groups is 1. The van der Waals surface area contributed by atoms with E-state index in [1.54, 1.807) is 0 Å². The molecular formula is C92H168NO8P. The van der Waals surface area contributed by atoms with Crippen LogP contribution in [-0.2, 0) is 32.7 Å². The molecule has 0 spiro atoms. The Morgan fingerprint density at radius 3 is 0.804 bits per heavy atom. The summed E-state index contributed by atoms with van der Waals surface area (Å²) in [4.78, 5) is 35.5. The van der Waals surface area contributed by atoms with Crippen molar-refractivity contribution in [2.75, 3.05) is 26.4 Å². The van der Waals surface area contributed by atoms with Gasteiger partial charge in [-0.15, -0.1) is 0 Å². The zero-order valence-electron chi connectivity index (χ0n) is 67.3. The molecule has 0 saturated carbocycles. The van der Waals surface area contributed by atoms with Crippen LogP contribution in [0.2, 0.25) is 0 Å². The predicted molar refractivity (Wildman–Crippen MR) is 445 cm³/mol. The molecule has 594 valence electrons. The molecule has 2 atom stereocenters. The first-order valence-electron chi connectivity index (χ1n) is 44.2. The van der Waals surface area contributed by atoms with Crippen LogP contribution in [0.4, 0.5) is 0 Å². The van der Waals surface area contributed by atoms with Gasteiger partial charge in [-0.3, -0.25) is 18.6 Å². The number of carbonyl (C=O) groups excluding carboxylic acids is 2. The van der Waals surface area contributed by atoms with Crippen LogP contribution in [0.15, 0.2) is 97.2 Å². The minimum Gasteiger partial charge on any atom is -0.462 e. The Balaban J connectivity index is 3.75. The molecule has 0 aliphatic carbocycles. The van der Waals surface area contributed by atoms with Crippen LogP contribution < -0.4 is 5.73 Å². The molecule has 0 radical (unpaired) electrons. The number of nitrogens with two attached hydrogens (primary N) is 1. The van der Waals surface area contributed by atoms with E-state index in [1.807, 2.05) is 0 Å². The molecule has 0 saturated heterocycles. The first-order valence-corrected chi connectivity index (χ1v) is 45.7. The lowest BCUT2D eigenvalue weighted by atomic mass is 10.0. The summed E-state index contributed by atoms with van der Waals surface area (Å²) in [5, 5.41) is 0. The van der Waals surface area contributed by atoms with E-state index < -0.39 is 26.5 Å². The molecule has 0 fully saturated rings. The summed E-state index contributed by atoms with van der Waals surface area (Å²) < 4.78 is 33.3. The molecule has 0 amide bonds. The molecule has 0 aromatic rings. The lowest BCUT2D eigenvalue weighted by Gasteiger charge is -2.19. The minimum atomic E-state index is -4.40. The Morgan fingerprint density at radius 2 is 0.539 bits per heavy atom. The van der Waals surface area contributed by atoms with Crippen LogP contribution in [0.5, 0.6) is 0 Å². The standard InChI is InChI=1S/C92H168NO8P/c1-3-5-7-9-11-13-15-17-19-21-23-25-27-29-31-33-35-37-39-41-43-45-47-49-51-53-55-57-59-61-63-65-67-69-71-73-75-77-79-81-83-85-92(95)101-90(89-100-102(96,97)99-87-86-93)88-98-91(94)84-82-80-78-76-74-72-70-68-66-64-62-60-58-56-54-52-50-48-46-44-42-40-38-36-34-32-30-28-26-24-22-20-18-16-14-12-10-8-6-4-2/h5,7,11,13,17,19,23,25,29,31,35,37,41,43,47,49,90H,3-4,6,8-10,12,14-16,18,20-22,24,26-28,30,32-34,36,38-40,42,44-46,48,50-89,93H2,1-2H3,(H,96,97)/b7-5-,13-11-,19-17-,25-23-,31-29-,37-35-,43-41-,49-47-. The van der Waals surface area contributed by atoms with Gasteiger partial charge >= 0.3 is 19.8 Å². The SMILES string of the molecule is CC/C=C\C/C=C\C/C=C\C/C=C\C/C=C\C/C=C\C/C=C\C/C=C\CCCCCCCCCCCCCCCCCCC(=O)OC(COC(=O)CCCCCCCCCCCCCCCCCCCCCCCCCCCCCCCCCCCCCCCCCC)COP(=O)(O)OCCN. The van der Waals surface area contributed by atoms with E-state index in [4.69, 9.17) is 24.3 Å². The fourth-order valence-electron chi connectivity index (χ4n) is 13.2. The maximum absolute atomic E-state index is 12.8. The molecule has 10 heteroatoms. The highest BCUT2D eigenvalue weighted by atomic mass is 31.2. The van der Waals surface area contributed by atoms with Gasteiger partial charge < -0.3 is 20.1 Å². The summed E-state index contributed by atoms with van der Waals surface area (Å²) in [6.45, 7) is 3.70. The third-order valence-electron chi connectivity index (χ3n) is 19.7. The van der Waals surface area contributed by atoms with Crippen molar-refractivity contribution in [2.24, 2.45) is 5.73 Å². The first-order chi connectivity index (χ1) is 50.3. The van der Waals surface area contributed by atoms with E-state index in [1.165, 1.54) is 321 Å². The number of unbranched alkanes of at least 4 members (excludes halogenated alkanes) is 55. The van der Waals surface area contributed by atoms with Gasteiger partial charge in [0.15, 0.2) is 6.10 Å². The van der Waals surface area contributed by atoms with Gasteiger partial charge in [0.2, 0.25) is 0 Å². The smallest absolute Gasteiger partial charge is 0.462 e. The van der Waals surface area contributed by atoms with Gasteiger partial charge in [-0.2, -0.15) is 0 Å². The van der Waals surface area contributed by atoms with E-state index in [0.29, 0.717) is 6.42 Å². The number of allylic oxidation sites excluding steroid dienone is 16. The molecule has 0 aliphatic heterocycles. The molecule has 0 bridgehead atoms. The van der Waals surface area contributed by atoms with Crippen molar-refractivity contribution in [3.8, 4) is 0 Å². The van der Waals surface area contributed by atoms with Crippen molar-refractivity contribution in [1.82, 2.24) is 0 Å². The predicted octanol–water partition coefficient (Wildman–Crippen LogP) is 30.2. The lowest BCUT2D eigenvalue weighted by Crippen LogP contribution is -2.29. The van der Waals surface area contributed by atoms with Crippen LogP contribution in [0, 0.1) is 0 Å². The second-order valence-electron chi connectivity index (χ2n) is 29.7. The van der Waals surface area contributed by atoms with Crippen LogP contribution in [-0.4, -0.2) is 49.3 Å². The summed E-state index contributed by atoms with van der Waals surface area (Å²) in [5.41, 5.74) is 5.42. The number of hydrogen-bond acceptors (Lipinski definition) is 8. The third-order valence-corrected chi connectivity index (χ3v) is 20.7. The van der Waals surface area contributed by atoms with Crippen molar-refractivity contribution in [3.05, 3.63) is 97.2 Å². The van der Waals surface area contributed by atoms with Crippen LogP contribution in [0.3, 0.4) is 0 Å². The fraction of sp³-hybridized carbons (Fsp3) is 0.804. The quantitative estimate of drug-likeness (QED) is 0.0264. The molecular weight excluding hydrogens is 1280 g/mol. The molecule has 0 heterocycles. The summed E-state index contributed by atoms with van der Waals surface area (Å²) in [5.74, 6) is -0.808. The van der Waals surface area contributed by atoms with Gasteiger partial charge in [0.1, 0.15) is 6.61 Å². The summed E-state index contributed by atoms with van der Waals surface area (Å²) in [7, 11) is -4.40. The minimum absolute atomic E-state index is 0.0533. The summed E-state index contributed by atoms with van der Waals surface area (Å²) >= 11 is 0. The zero-order valence-corrected chi connectivity index (χ0v) is 68.2.